The Labute approximate surface area is 81.1 Å². The van der Waals surface area contributed by atoms with Crippen molar-refractivity contribution in [2.75, 3.05) is 0 Å². The molecule has 0 aromatic rings. The van der Waals surface area contributed by atoms with Crippen LogP contribution < -0.4 is 0 Å². The van der Waals surface area contributed by atoms with Crippen molar-refractivity contribution in [1.82, 2.24) is 0 Å². The molecule has 0 saturated heterocycles. The molecule has 0 aliphatic heterocycles. The van der Waals surface area contributed by atoms with Crippen LogP contribution >= 0.6 is 0 Å². The lowest BCUT2D eigenvalue weighted by molar-refractivity contribution is 0.510. The van der Waals surface area contributed by atoms with Gasteiger partial charge >= 0.3 is 0 Å². The molecule has 0 nitrogen and oxygen atoms in total. The first-order chi connectivity index (χ1) is 6.34. The van der Waals surface area contributed by atoms with E-state index >= 15 is 0 Å². The Hall–Kier alpha value is 0. The lowest BCUT2D eigenvalue weighted by Gasteiger charge is -1.96. The van der Waals surface area contributed by atoms with Crippen molar-refractivity contribution >= 4 is 0 Å². The molecule has 6 atom stereocenters. The molecule has 0 amide bonds. The molecule has 0 N–H and O–H groups in total. The van der Waals surface area contributed by atoms with E-state index in [9.17, 15) is 0 Å². The Morgan fingerprint density at radius 3 is 1.85 bits per heavy atom. The van der Waals surface area contributed by atoms with Crippen LogP contribution in [0.15, 0.2) is 0 Å². The second kappa shape index (κ2) is 2.15. The topological polar surface area (TPSA) is 0 Å². The number of hydrogen-bond acceptors (Lipinski definition) is 0. The molecule has 0 heterocycles. The minimum atomic E-state index is 1.10. The highest BCUT2D eigenvalue weighted by Crippen LogP contribution is 2.69. The van der Waals surface area contributed by atoms with Crippen LogP contribution in [0.3, 0.4) is 0 Å². The largest absolute Gasteiger partial charge is 0.0622 e. The zero-order chi connectivity index (χ0) is 8.58. The highest BCUT2D eigenvalue weighted by atomic mass is 14.7. The van der Waals surface area contributed by atoms with Gasteiger partial charge < -0.3 is 0 Å². The summed E-state index contributed by atoms with van der Waals surface area (Å²) in [5.41, 5.74) is 0. The maximum atomic E-state index is 2.45. The van der Waals surface area contributed by atoms with E-state index in [0.29, 0.717) is 0 Å². The van der Waals surface area contributed by atoms with Crippen LogP contribution in [-0.2, 0) is 0 Å². The standard InChI is InChI=1S/C13H20/c1-7-4-9(7)11-6-13(11)12-5-10(12)8-2-3-8/h7-13H,2-6H2,1H3. The van der Waals surface area contributed by atoms with Crippen LogP contribution in [0.5, 0.6) is 0 Å². The monoisotopic (exact) mass is 176 g/mol. The Balaban J connectivity index is 1.34. The summed E-state index contributed by atoms with van der Waals surface area (Å²) >= 11 is 0. The third-order valence-electron chi connectivity index (χ3n) is 5.28. The molecule has 6 unspecified atom stereocenters. The molecular weight excluding hydrogens is 156 g/mol. The molecule has 4 fully saturated rings. The zero-order valence-electron chi connectivity index (χ0n) is 8.58. The molecule has 4 rings (SSSR count). The van der Waals surface area contributed by atoms with Crippen LogP contribution in [-0.4, -0.2) is 0 Å². The summed E-state index contributed by atoms with van der Waals surface area (Å²) in [7, 11) is 0. The van der Waals surface area contributed by atoms with Crippen LogP contribution in [0.2, 0.25) is 0 Å². The number of rotatable bonds is 3. The summed E-state index contributed by atoms with van der Waals surface area (Å²) in [4.78, 5) is 0. The molecule has 0 aromatic carbocycles. The van der Waals surface area contributed by atoms with Gasteiger partial charge in [0.1, 0.15) is 0 Å². The van der Waals surface area contributed by atoms with Crippen molar-refractivity contribution in [2.45, 2.75) is 39.0 Å². The smallest absolute Gasteiger partial charge is 0.0349 e. The van der Waals surface area contributed by atoms with Gasteiger partial charge in [0.25, 0.3) is 0 Å². The second-order valence-corrected chi connectivity index (χ2v) is 6.34. The molecule has 72 valence electrons. The highest BCUT2D eigenvalue weighted by Gasteiger charge is 2.61. The molecule has 4 aliphatic rings. The van der Waals surface area contributed by atoms with Gasteiger partial charge in [0.2, 0.25) is 0 Å². The third-order valence-corrected chi connectivity index (χ3v) is 5.28. The van der Waals surface area contributed by atoms with E-state index in [1.54, 1.807) is 32.1 Å². The van der Waals surface area contributed by atoms with Crippen molar-refractivity contribution < 1.29 is 0 Å². The average Bonchev–Trinajstić information content (AvgIpc) is 2.85. The highest BCUT2D eigenvalue weighted by molar-refractivity contribution is 5.10. The molecule has 4 saturated carbocycles. The van der Waals surface area contributed by atoms with Gasteiger partial charge in [0.15, 0.2) is 0 Å². The molecule has 0 spiro atoms. The van der Waals surface area contributed by atoms with E-state index < -0.39 is 0 Å². The van der Waals surface area contributed by atoms with Gasteiger partial charge in [-0.2, -0.15) is 0 Å². The average molecular weight is 176 g/mol. The van der Waals surface area contributed by atoms with Crippen LogP contribution in [0.1, 0.15) is 39.0 Å². The Bertz CT molecular complexity index is 240. The first kappa shape index (κ1) is 7.31. The predicted octanol–water partition coefficient (Wildman–Crippen LogP) is 3.32. The van der Waals surface area contributed by atoms with E-state index in [1.165, 1.54) is 35.5 Å². The summed E-state index contributed by atoms with van der Waals surface area (Å²) in [6.07, 6.45) is 7.99. The van der Waals surface area contributed by atoms with Gasteiger partial charge in [-0.25, -0.2) is 0 Å². The fourth-order valence-electron chi connectivity index (χ4n) is 3.96. The maximum Gasteiger partial charge on any atom is -0.0349 e. The first-order valence-electron chi connectivity index (χ1n) is 6.34. The lowest BCUT2D eigenvalue weighted by atomic mass is 10.1. The predicted molar refractivity (Wildman–Crippen MR) is 53.2 cm³/mol. The summed E-state index contributed by atoms with van der Waals surface area (Å²) in [5, 5.41) is 0. The summed E-state index contributed by atoms with van der Waals surface area (Å²) in [6.45, 7) is 2.45. The quantitative estimate of drug-likeness (QED) is 0.619. The zero-order valence-corrected chi connectivity index (χ0v) is 8.58. The van der Waals surface area contributed by atoms with E-state index in [-0.39, 0.29) is 0 Å². The third kappa shape index (κ3) is 1.10. The SMILES string of the molecule is CC1CC1C1CC1C1CC1C1CC1. The molecule has 0 aromatic heterocycles. The molecule has 4 aliphatic carbocycles. The Morgan fingerprint density at radius 1 is 0.692 bits per heavy atom. The van der Waals surface area contributed by atoms with E-state index in [4.69, 9.17) is 0 Å². The molecule has 0 bridgehead atoms. The van der Waals surface area contributed by atoms with Crippen molar-refractivity contribution in [2.24, 2.45) is 41.4 Å². The van der Waals surface area contributed by atoms with Gasteiger partial charge in [-0.05, 0) is 73.5 Å². The van der Waals surface area contributed by atoms with Crippen LogP contribution in [0.25, 0.3) is 0 Å². The fourth-order valence-corrected chi connectivity index (χ4v) is 3.96. The summed E-state index contributed by atoms with van der Waals surface area (Å²) < 4.78 is 0. The second-order valence-electron chi connectivity index (χ2n) is 6.34. The van der Waals surface area contributed by atoms with Crippen LogP contribution in [0.4, 0.5) is 0 Å². The van der Waals surface area contributed by atoms with E-state index in [1.807, 2.05) is 0 Å². The number of hydrogen-bond donors (Lipinski definition) is 0. The summed E-state index contributed by atoms with van der Waals surface area (Å²) in [6, 6.07) is 0. The lowest BCUT2D eigenvalue weighted by Crippen LogP contribution is -1.92. The van der Waals surface area contributed by atoms with Crippen molar-refractivity contribution in [1.29, 1.82) is 0 Å². The Kier molecular flexibility index (Phi) is 1.21. The molecule has 0 radical (unpaired) electrons. The summed E-state index contributed by atoms with van der Waals surface area (Å²) in [5.74, 6) is 8.39. The fraction of sp³-hybridized carbons (Fsp3) is 1.00. The van der Waals surface area contributed by atoms with Gasteiger partial charge in [-0.1, -0.05) is 6.92 Å². The molecule has 0 heteroatoms. The maximum absolute atomic E-state index is 2.45. The van der Waals surface area contributed by atoms with Gasteiger partial charge in [-0.3, -0.25) is 0 Å². The van der Waals surface area contributed by atoms with Gasteiger partial charge in [0.05, 0.1) is 0 Å². The van der Waals surface area contributed by atoms with E-state index in [2.05, 4.69) is 6.92 Å². The van der Waals surface area contributed by atoms with Gasteiger partial charge in [-0.15, -0.1) is 0 Å². The van der Waals surface area contributed by atoms with Crippen molar-refractivity contribution in [3.63, 3.8) is 0 Å². The van der Waals surface area contributed by atoms with Crippen molar-refractivity contribution in [3.05, 3.63) is 0 Å². The Morgan fingerprint density at radius 2 is 1.23 bits per heavy atom. The molecular formula is C13H20. The normalized spacial score (nSPS) is 63.5. The van der Waals surface area contributed by atoms with E-state index in [0.717, 1.165) is 5.92 Å². The minimum Gasteiger partial charge on any atom is -0.0622 e. The molecule has 13 heavy (non-hydrogen) atoms. The van der Waals surface area contributed by atoms with Gasteiger partial charge in [0, 0.05) is 0 Å². The van der Waals surface area contributed by atoms with Crippen molar-refractivity contribution in [3.8, 4) is 0 Å². The van der Waals surface area contributed by atoms with Crippen LogP contribution in [0, 0.1) is 41.4 Å². The first-order valence-corrected chi connectivity index (χ1v) is 6.34. The minimum absolute atomic E-state index is 1.10.